The third kappa shape index (κ3) is 6.15. The summed E-state index contributed by atoms with van der Waals surface area (Å²) in [7, 11) is -3.48. The summed E-state index contributed by atoms with van der Waals surface area (Å²) in [4.78, 5) is 10.6. The molecule has 1 aromatic rings. The van der Waals surface area contributed by atoms with Gasteiger partial charge in [-0.25, -0.2) is 13.1 Å². The maximum atomic E-state index is 12.5. The molecular weight excluding hydrogens is 489 g/mol. The van der Waals surface area contributed by atoms with Gasteiger partial charge in [0, 0.05) is 21.4 Å². The average molecular weight is 515 g/mol. The van der Waals surface area contributed by atoms with Crippen LogP contribution in [0.15, 0.2) is 41.8 Å². The van der Waals surface area contributed by atoms with Gasteiger partial charge in [-0.1, -0.05) is 24.3 Å². The van der Waals surface area contributed by atoms with Crippen LogP contribution in [-0.2, 0) is 14.8 Å². The molecular formula is C21H26INO4S. The fourth-order valence-corrected chi connectivity index (χ4v) is 6.11. The maximum absolute atomic E-state index is 12.5. The molecule has 4 atom stereocenters. The number of aliphatic carboxylic acids is 1. The number of fused-ring (bicyclic) bond motifs is 2. The van der Waals surface area contributed by atoms with Gasteiger partial charge in [-0.3, -0.25) is 4.79 Å². The molecule has 4 unspecified atom stereocenters. The minimum Gasteiger partial charge on any atom is -0.481 e. The minimum atomic E-state index is -3.48. The van der Waals surface area contributed by atoms with Crippen molar-refractivity contribution in [3.05, 3.63) is 51.0 Å². The highest BCUT2D eigenvalue weighted by Crippen LogP contribution is 2.49. The van der Waals surface area contributed by atoms with Crippen LogP contribution >= 0.6 is 22.6 Å². The summed E-state index contributed by atoms with van der Waals surface area (Å²) < 4.78 is 29.0. The maximum Gasteiger partial charge on any atom is 0.303 e. The lowest BCUT2D eigenvalue weighted by atomic mass is 9.85. The summed E-state index contributed by atoms with van der Waals surface area (Å²) in [5, 5.41) is 9.95. The third-order valence-corrected chi connectivity index (χ3v) is 7.41. The second kappa shape index (κ2) is 9.54. The predicted molar refractivity (Wildman–Crippen MR) is 119 cm³/mol. The van der Waals surface area contributed by atoms with Crippen molar-refractivity contribution in [3.63, 3.8) is 0 Å². The summed E-state index contributed by atoms with van der Waals surface area (Å²) >= 11 is 2.21. The number of nitrogens with one attached hydrogen (secondary N) is 1. The summed E-state index contributed by atoms with van der Waals surface area (Å²) in [5.41, 5.74) is 0.868. The van der Waals surface area contributed by atoms with E-state index in [4.69, 9.17) is 5.11 Å². The number of hydrogen-bond acceptors (Lipinski definition) is 3. The van der Waals surface area contributed by atoms with Gasteiger partial charge in [0.1, 0.15) is 0 Å². The average Bonchev–Trinajstić information content (AvgIpc) is 3.19. The van der Waals surface area contributed by atoms with Gasteiger partial charge < -0.3 is 5.11 Å². The third-order valence-electron chi connectivity index (χ3n) is 5.61. The second-order valence-electron chi connectivity index (χ2n) is 7.74. The van der Waals surface area contributed by atoms with Crippen molar-refractivity contribution >= 4 is 44.7 Å². The van der Waals surface area contributed by atoms with E-state index in [0.717, 1.165) is 34.8 Å². The lowest BCUT2D eigenvalue weighted by Gasteiger charge is -2.27. The number of sulfonamides is 1. The Bertz CT molecular complexity index is 865. The van der Waals surface area contributed by atoms with E-state index < -0.39 is 16.0 Å². The van der Waals surface area contributed by atoms with Gasteiger partial charge in [-0.2, -0.15) is 0 Å². The topological polar surface area (TPSA) is 83.5 Å². The summed E-state index contributed by atoms with van der Waals surface area (Å²) in [6.07, 6.45) is 10.6. The molecule has 2 N–H and O–H groups in total. The van der Waals surface area contributed by atoms with Gasteiger partial charge in [-0.15, -0.1) is 0 Å². The fraction of sp³-hybridized carbons (Fsp3) is 0.476. The quantitative estimate of drug-likeness (QED) is 0.290. The highest BCUT2D eigenvalue weighted by Gasteiger charge is 2.46. The fourth-order valence-electron chi connectivity index (χ4n) is 4.43. The van der Waals surface area contributed by atoms with Crippen LogP contribution < -0.4 is 4.72 Å². The Kier molecular flexibility index (Phi) is 7.33. The number of carboxylic acid groups (broad SMARTS) is 1. The lowest BCUT2D eigenvalue weighted by Crippen LogP contribution is -2.40. The van der Waals surface area contributed by atoms with Crippen LogP contribution in [0.1, 0.15) is 44.1 Å². The van der Waals surface area contributed by atoms with Crippen molar-refractivity contribution in [2.45, 2.75) is 44.6 Å². The van der Waals surface area contributed by atoms with E-state index in [1.165, 1.54) is 5.41 Å². The number of hydrogen-bond donors (Lipinski definition) is 2. The minimum absolute atomic E-state index is 0.0158. The van der Waals surface area contributed by atoms with Crippen molar-refractivity contribution in [1.29, 1.82) is 0 Å². The van der Waals surface area contributed by atoms with Gasteiger partial charge in [0.15, 0.2) is 0 Å². The number of rotatable bonds is 9. The Morgan fingerprint density at radius 1 is 1.29 bits per heavy atom. The van der Waals surface area contributed by atoms with Gasteiger partial charge >= 0.3 is 5.97 Å². The van der Waals surface area contributed by atoms with Crippen LogP contribution in [-0.4, -0.2) is 25.5 Å². The number of unbranched alkanes of at least 4 members (excludes halogenated alkanes) is 1. The summed E-state index contributed by atoms with van der Waals surface area (Å²) in [5.74, 6) is 0.532. The Labute approximate surface area is 180 Å². The van der Waals surface area contributed by atoms with Crippen LogP contribution in [0.25, 0.3) is 6.08 Å². The molecule has 2 aliphatic rings. The molecule has 3 rings (SSSR count). The molecule has 0 aromatic heterocycles. The molecule has 0 amide bonds. The highest BCUT2D eigenvalue weighted by atomic mass is 127. The lowest BCUT2D eigenvalue weighted by molar-refractivity contribution is -0.137. The van der Waals surface area contributed by atoms with Crippen molar-refractivity contribution in [2.75, 3.05) is 0 Å². The zero-order chi connectivity index (χ0) is 20.1. The number of carbonyl (C=O) groups is 1. The molecule has 0 spiro atoms. The van der Waals surface area contributed by atoms with Crippen molar-refractivity contribution in [2.24, 2.45) is 17.8 Å². The van der Waals surface area contributed by atoms with Crippen LogP contribution in [0.2, 0.25) is 0 Å². The Morgan fingerprint density at radius 3 is 2.82 bits per heavy atom. The van der Waals surface area contributed by atoms with Crippen LogP contribution in [0.3, 0.4) is 0 Å². The molecule has 0 radical (unpaired) electrons. The Hall–Kier alpha value is -1.19. The van der Waals surface area contributed by atoms with E-state index in [9.17, 15) is 13.2 Å². The molecule has 28 heavy (non-hydrogen) atoms. The van der Waals surface area contributed by atoms with Crippen LogP contribution in [0, 0.1) is 21.3 Å². The smallest absolute Gasteiger partial charge is 0.303 e. The number of benzene rings is 1. The molecule has 7 heteroatoms. The molecule has 1 aromatic carbocycles. The molecule has 2 saturated carbocycles. The SMILES string of the molecule is O=C(O)CCC/C=C/C1CC2CC(NS(=O)(=O)/C=C/c3cccc(I)c3)C1C2. The zero-order valence-electron chi connectivity index (χ0n) is 15.6. The first-order valence-corrected chi connectivity index (χ1v) is 12.3. The molecule has 0 saturated heterocycles. The molecule has 2 fully saturated rings. The molecule has 2 bridgehead atoms. The zero-order valence-corrected chi connectivity index (χ0v) is 18.6. The first-order chi connectivity index (χ1) is 13.3. The van der Waals surface area contributed by atoms with E-state index in [2.05, 4.69) is 39.5 Å². The molecule has 0 aliphatic heterocycles. The normalized spacial score (nSPS) is 27.2. The number of halogens is 1. The second-order valence-corrected chi connectivity index (χ2v) is 10.6. The van der Waals surface area contributed by atoms with E-state index in [1.54, 1.807) is 6.08 Å². The van der Waals surface area contributed by atoms with Crippen molar-refractivity contribution in [1.82, 2.24) is 4.72 Å². The van der Waals surface area contributed by atoms with E-state index in [-0.39, 0.29) is 12.5 Å². The van der Waals surface area contributed by atoms with Gasteiger partial charge in [-0.05, 0) is 96.2 Å². The summed E-state index contributed by atoms with van der Waals surface area (Å²) in [6.45, 7) is 0. The Morgan fingerprint density at radius 2 is 2.11 bits per heavy atom. The Balaban J connectivity index is 1.55. The monoisotopic (exact) mass is 515 g/mol. The van der Waals surface area contributed by atoms with Gasteiger partial charge in [0.25, 0.3) is 0 Å². The molecule has 5 nitrogen and oxygen atoms in total. The molecule has 152 valence electrons. The largest absolute Gasteiger partial charge is 0.481 e. The number of carboxylic acids is 1. The van der Waals surface area contributed by atoms with Crippen molar-refractivity contribution in [3.8, 4) is 0 Å². The standard InChI is InChI=1S/C21H26INO4S/c22-18-7-4-5-15(12-18)9-10-28(26,27)23-20-14-16-11-17(19(20)13-16)6-2-1-3-8-21(24)25/h2,4-7,9-10,12,16-17,19-20,23H,1,3,8,11,13-14H2,(H,24,25)/b6-2+,10-9+. The van der Waals surface area contributed by atoms with Crippen LogP contribution in [0.4, 0.5) is 0 Å². The van der Waals surface area contributed by atoms with E-state index >= 15 is 0 Å². The van der Waals surface area contributed by atoms with E-state index in [1.807, 2.05) is 24.3 Å². The summed E-state index contributed by atoms with van der Waals surface area (Å²) in [6, 6.07) is 7.68. The predicted octanol–water partition coefficient (Wildman–Crippen LogP) is 4.41. The van der Waals surface area contributed by atoms with E-state index in [0.29, 0.717) is 24.2 Å². The first kappa shape index (κ1) is 21.5. The van der Waals surface area contributed by atoms with Crippen LogP contribution in [0.5, 0.6) is 0 Å². The molecule has 2 aliphatic carbocycles. The molecule has 0 heterocycles. The van der Waals surface area contributed by atoms with Gasteiger partial charge in [0.05, 0.1) is 0 Å². The first-order valence-electron chi connectivity index (χ1n) is 9.67. The van der Waals surface area contributed by atoms with Crippen molar-refractivity contribution < 1.29 is 18.3 Å². The highest BCUT2D eigenvalue weighted by molar-refractivity contribution is 14.1. The number of allylic oxidation sites excluding steroid dienone is 2. The van der Waals surface area contributed by atoms with Gasteiger partial charge in [0.2, 0.25) is 10.0 Å².